The third kappa shape index (κ3) is 5.24. The fraction of sp³-hybridized carbons (Fsp3) is 0.786. The van der Waals surface area contributed by atoms with Crippen molar-refractivity contribution in [2.24, 2.45) is 5.92 Å². The second kappa shape index (κ2) is 7.85. The van der Waals surface area contributed by atoms with Crippen molar-refractivity contribution >= 4 is 18.0 Å². The first-order valence-electron chi connectivity index (χ1n) is 7.34. The first-order chi connectivity index (χ1) is 9.89. The van der Waals surface area contributed by atoms with Gasteiger partial charge < -0.3 is 20.5 Å². The monoisotopic (exact) mass is 300 g/mol. The van der Waals surface area contributed by atoms with E-state index in [0.717, 1.165) is 12.8 Å². The molecule has 0 aromatic heterocycles. The van der Waals surface area contributed by atoms with E-state index in [9.17, 15) is 19.5 Å². The van der Waals surface area contributed by atoms with Crippen molar-refractivity contribution in [3.63, 3.8) is 0 Å². The van der Waals surface area contributed by atoms with Crippen LogP contribution in [0.4, 0.5) is 4.79 Å². The minimum Gasteiger partial charge on any atom is -0.480 e. The molecule has 0 aromatic rings. The van der Waals surface area contributed by atoms with Gasteiger partial charge in [-0.05, 0) is 25.7 Å². The highest BCUT2D eigenvalue weighted by Crippen LogP contribution is 2.32. The van der Waals surface area contributed by atoms with E-state index in [1.165, 1.54) is 0 Å². The van der Waals surface area contributed by atoms with Crippen molar-refractivity contribution in [1.29, 1.82) is 0 Å². The normalized spacial score (nSPS) is 25.0. The molecule has 0 radical (unpaired) electrons. The van der Waals surface area contributed by atoms with E-state index in [4.69, 9.17) is 4.74 Å². The van der Waals surface area contributed by atoms with Crippen molar-refractivity contribution in [3.8, 4) is 0 Å². The molecule has 1 saturated carbocycles. The van der Waals surface area contributed by atoms with Crippen LogP contribution >= 0.6 is 0 Å². The molecule has 0 aromatic carbocycles. The summed E-state index contributed by atoms with van der Waals surface area (Å²) in [6.45, 7) is 4.11. The number of carboxylic acids is 1. The van der Waals surface area contributed by atoms with Gasteiger partial charge in [-0.3, -0.25) is 4.79 Å². The third-order valence-electron chi connectivity index (χ3n) is 3.68. The molecule has 0 heterocycles. The fourth-order valence-corrected chi connectivity index (χ4v) is 2.69. The Morgan fingerprint density at radius 1 is 1.38 bits per heavy atom. The highest BCUT2D eigenvalue weighted by atomic mass is 16.5. The highest BCUT2D eigenvalue weighted by Gasteiger charge is 2.43. The molecule has 0 bridgehead atoms. The Labute approximate surface area is 124 Å². The van der Waals surface area contributed by atoms with Crippen LogP contribution in [0.25, 0.3) is 0 Å². The van der Waals surface area contributed by atoms with Gasteiger partial charge in [-0.2, -0.15) is 0 Å². The molecule has 1 aliphatic carbocycles. The Balaban J connectivity index is 2.46. The molecule has 1 fully saturated rings. The van der Waals surface area contributed by atoms with Crippen molar-refractivity contribution in [3.05, 3.63) is 0 Å². The summed E-state index contributed by atoms with van der Waals surface area (Å²) in [4.78, 5) is 34.5. The second-order valence-electron chi connectivity index (χ2n) is 5.52. The maximum Gasteiger partial charge on any atom is 0.329 e. The number of esters is 1. The van der Waals surface area contributed by atoms with Crippen LogP contribution in [0.2, 0.25) is 0 Å². The summed E-state index contributed by atoms with van der Waals surface area (Å²) in [7, 11) is 0. The molecule has 2 unspecified atom stereocenters. The molecule has 2 atom stereocenters. The van der Waals surface area contributed by atoms with Crippen molar-refractivity contribution in [2.45, 2.75) is 51.5 Å². The number of hydrogen-bond donors (Lipinski definition) is 3. The van der Waals surface area contributed by atoms with E-state index >= 15 is 0 Å². The molecule has 1 rings (SSSR count). The van der Waals surface area contributed by atoms with Crippen LogP contribution in [-0.4, -0.2) is 41.8 Å². The number of aliphatic carboxylic acids is 1. The second-order valence-corrected chi connectivity index (χ2v) is 5.52. The lowest BCUT2D eigenvalue weighted by molar-refractivity contribution is -0.146. The zero-order valence-corrected chi connectivity index (χ0v) is 12.6. The number of carbonyl (C=O) groups is 3. The topological polar surface area (TPSA) is 105 Å². The van der Waals surface area contributed by atoms with Crippen molar-refractivity contribution < 1.29 is 24.2 Å². The molecule has 2 amide bonds. The van der Waals surface area contributed by atoms with Gasteiger partial charge >= 0.3 is 18.0 Å². The molecule has 0 saturated heterocycles. The van der Waals surface area contributed by atoms with E-state index in [-0.39, 0.29) is 18.9 Å². The van der Waals surface area contributed by atoms with Gasteiger partial charge in [0.15, 0.2) is 0 Å². The van der Waals surface area contributed by atoms with E-state index in [1.54, 1.807) is 6.92 Å². The van der Waals surface area contributed by atoms with E-state index in [1.807, 2.05) is 6.92 Å². The quantitative estimate of drug-likeness (QED) is 0.641. The van der Waals surface area contributed by atoms with Crippen molar-refractivity contribution in [1.82, 2.24) is 10.6 Å². The number of ether oxygens (including phenoxy) is 1. The number of amides is 2. The Bertz CT molecular complexity index is 399. The van der Waals surface area contributed by atoms with Gasteiger partial charge in [0.2, 0.25) is 0 Å². The Hall–Kier alpha value is -1.79. The van der Waals surface area contributed by atoms with Crippen LogP contribution in [0.3, 0.4) is 0 Å². The van der Waals surface area contributed by atoms with Gasteiger partial charge in [0.05, 0.1) is 13.0 Å². The Kier molecular flexibility index (Phi) is 6.45. The first-order valence-corrected chi connectivity index (χ1v) is 7.34. The van der Waals surface area contributed by atoms with Gasteiger partial charge in [0, 0.05) is 6.54 Å². The number of hydrogen-bond acceptors (Lipinski definition) is 4. The summed E-state index contributed by atoms with van der Waals surface area (Å²) in [5.41, 5.74) is -1.20. The van der Waals surface area contributed by atoms with Crippen LogP contribution in [0.1, 0.15) is 46.0 Å². The summed E-state index contributed by atoms with van der Waals surface area (Å²) in [5.74, 6) is -1.14. The number of nitrogens with one attached hydrogen (secondary N) is 2. The Morgan fingerprint density at radius 3 is 2.67 bits per heavy atom. The third-order valence-corrected chi connectivity index (χ3v) is 3.68. The molecule has 3 N–H and O–H groups in total. The maximum absolute atomic E-state index is 11.8. The number of carbonyl (C=O) groups excluding carboxylic acids is 2. The van der Waals surface area contributed by atoms with Gasteiger partial charge in [-0.25, -0.2) is 9.59 Å². The fourth-order valence-electron chi connectivity index (χ4n) is 2.69. The van der Waals surface area contributed by atoms with E-state index in [0.29, 0.717) is 19.4 Å². The smallest absolute Gasteiger partial charge is 0.329 e. The first kappa shape index (κ1) is 17.3. The average Bonchev–Trinajstić information content (AvgIpc) is 2.38. The van der Waals surface area contributed by atoms with E-state index < -0.39 is 23.5 Å². The zero-order valence-electron chi connectivity index (χ0n) is 12.6. The molecule has 0 spiro atoms. The highest BCUT2D eigenvalue weighted by molar-refractivity contribution is 5.86. The molecular formula is C14H24N2O5. The molecule has 1 aliphatic rings. The lowest BCUT2D eigenvalue weighted by Crippen LogP contribution is -2.59. The van der Waals surface area contributed by atoms with Gasteiger partial charge in [0.25, 0.3) is 0 Å². The van der Waals surface area contributed by atoms with Gasteiger partial charge in [0.1, 0.15) is 5.54 Å². The molecule has 7 heteroatoms. The largest absolute Gasteiger partial charge is 0.480 e. The van der Waals surface area contributed by atoms with E-state index in [2.05, 4.69) is 10.6 Å². The van der Waals surface area contributed by atoms with Gasteiger partial charge in [-0.1, -0.05) is 19.8 Å². The van der Waals surface area contributed by atoms with Gasteiger partial charge in [-0.15, -0.1) is 0 Å². The van der Waals surface area contributed by atoms with Crippen LogP contribution < -0.4 is 10.6 Å². The predicted octanol–water partition coefficient (Wildman–Crippen LogP) is 1.27. The summed E-state index contributed by atoms with van der Waals surface area (Å²) in [5, 5.41) is 14.5. The van der Waals surface area contributed by atoms with Crippen LogP contribution in [0, 0.1) is 5.92 Å². The maximum atomic E-state index is 11.8. The summed E-state index contributed by atoms with van der Waals surface area (Å²) in [6.07, 6.45) is 2.67. The lowest BCUT2D eigenvalue weighted by atomic mass is 9.76. The van der Waals surface area contributed by atoms with Crippen LogP contribution in [0.5, 0.6) is 0 Å². The molecule has 7 nitrogen and oxygen atoms in total. The van der Waals surface area contributed by atoms with Crippen LogP contribution in [0.15, 0.2) is 0 Å². The summed E-state index contributed by atoms with van der Waals surface area (Å²) >= 11 is 0. The summed E-state index contributed by atoms with van der Waals surface area (Å²) < 4.78 is 4.74. The Morgan fingerprint density at radius 2 is 2.10 bits per heavy atom. The zero-order chi connectivity index (χ0) is 15.9. The number of rotatable bonds is 6. The molecule has 0 aliphatic heterocycles. The predicted molar refractivity (Wildman–Crippen MR) is 75.8 cm³/mol. The minimum atomic E-state index is -1.20. The summed E-state index contributed by atoms with van der Waals surface area (Å²) in [6, 6.07) is -0.559. The lowest BCUT2D eigenvalue weighted by Gasteiger charge is -2.36. The number of carboxylic acid groups (broad SMARTS) is 1. The molecule has 120 valence electrons. The minimum absolute atomic E-state index is 0.0672. The van der Waals surface area contributed by atoms with Crippen molar-refractivity contribution in [2.75, 3.05) is 13.2 Å². The molecular weight excluding hydrogens is 276 g/mol. The van der Waals surface area contributed by atoms with Crippen LogP contribution in [-0.2, 0) is 14.3 Å². The average molecular weight is 300 g/mol. The molecule has 21 heavy (non-hydrogen) atoms. The SMILES string of the molecule is CCOC(=O)CCNC(=O)NC1(C(=O)O)CCCC(C)C1. The number of urea groups is 1. The standard InChI is InChI=1S/C14H24N2O5/c1-3-21-11(17)6-8-15-13(20)16-14(12(18)19)7-4-5-10(2)9-14/h10H,3-9H2,1-2H3,(H,18,19)(H2,15,16,20).